The minimum absolute atomic E-state index is 0.0592. The van der Waals surface area contributed by atoms with E-state index >= 15 is 0 Å². The van der Waals surface area contributed by atoms with Gasteiger partial charge in [-0.15, -0.1) is 0 Å². The average Bonchev–Trinajstić information content (AvgIpc) is 2.96. The number of carbonyl (C=O) groups is 1. The summed E-state index contributed by atoms with van der Waals surface area (Å²) in [5, 5.41) is 15.7. The van der Waals surface area contributed by atoms with Crippen LogP contribution in [-0.4, -0.2) is 27.8 Å². The van der Waals surface area contributed by atoms with Gasteiger partial charge in [0.15, 0.2) is 0 Å². The molecule has 0 amide bonds. The molecule has 0 radical (unpaired) electrons. The zero-order valence-corrected chi connectivity index (χ0v) is 16.8. The molecule has 0 fully saturated rings. The Morgan fingerprint density at radius 3 is 2.52 bits per heavy atom. The maximum Gasteiger partial charge on any atom is 0.348 e. The van der Waals surface area contributed by atoms with Crippen LogP contribution in [-0.2, 0) is 6.54 Å². The molecule has 0 aliphatic carbocycles. The van der Waals surface area contributed by atoms with Crippen LogP contribution in [0.5, 0.6) is 11.5 Å². The summed E-state index contributed by atoms with van der Waals surface area (Å²) in [6.07, 6.45) is 0. The van der Waals surface area contributed by atoms with Crippen LogP contribution in [0.15, 0.2) is 42.5 Å². The van der Waals surface area contributed by atoms with Crippen molar-refractivity contribution in [3.63, 3.8) is 0 Å². The molecule has 150 valence electrons. The lowest BCUT2D eigenvalue weighted by Gasteiger charge is -2.07. The second-order valence-corrected chi connectivity index (χ2v) is 6.73. The van der Waals surface area contributed by atoms with Crippen LogP contribution in [0.25, 0.3) is 0 Å². The first-order valence-electron chi connectivity index (χ1n) is 8.63. The Balaban J connectivity index is 1.88. The second kappa shape index (κ2) is 8.32. The predicted octanol–water partition coefficient (Wildman–Crippen LogP) is 4.34. The summed E-state index contributed by atoms with van der Waals surface area (Å²) >= 11 is 6.37. The molecular weight excluding hydrogens is 398 g/mol. The van der Waals surface area contributed by atoms with E-state index in [-0.39, 0.29) is 22.2 Å². The van der Waals surface area contributed by atoms with Gasteiger partial charge in [0.25, 0.3) is 0 Å². The molecule has 0 saturated heterocycles. The highest BCUT2D eigenvalue weighted by atomic mass is 35.5. The van der Waals surface area contributed by atoms with Crippen molar-refractivity contribution in [2.24, 2.45) is 0 Å². The Morgan fingerprint density at radius 1 is 1.21 bits per heavy atom. The number of rotatable bonds is 6. The molecule has 29 heavy (non-hydrogen) atoms. The van der Waals surface area contributed by atoms with Crippen LogP contribution in [0.2, 0.25) is 5.15 Å². The molecule has 1 aromatic heterocycles. The van der Waals surface area contributed by atoms with E-state index in [2.05, 4.69) is 5.10 Å². The molecule has 0 aliphatic rings. The Labute approximate surface area is 171 Å². The Kier molecular flexibility index (Phi) is 5.84. The van der Waals surface area contributed by atoms with Gasteiger partial charge in [-0.05, 0) is 31.5 Å². The standard InChI is InChI=1S/C20H18ClN3O5/c1-12-4-6-14(7-5-12)11-23-19(21)18(13(2)22-23)20(25)29-17-9-8-15(28-3)10-16(17)24(26)27/h4-10H,11H2,1-3H3. The molecule has 0 unspecified atom stereocenters. The van der Waals surface area contributed by atoms with Crippen molar-refractivity contribution in [1.29, 1.82) is 0 Å². The molecule has 3 rings (SSSR count). The van der Waals surface area contributed by atoms with Crippen LogP contribution < -0.4 is 9.47 Å². The van der Waals surface area contributed by atoms with Crippen molar-refractivity contribution < 1.29 is 19.2 Å². The number of halogens is 1. The van der Waals surface area contributed by atoms with E-state index in [4.69, 9.17) is 21.1 Å². The number of aromatic nitrogens is 2. The van der Waals surface area contributed by atoms with Gasteiger partial charge in [-0.1, -0.05) is 41.4 Å². The number of methoxy groups -OCH3 is 1. The van der Waals surface area contributed by atoms with E-state index < -0.39 is 16.6 Å². The van der Waals surface area contributed by atoms with Crippen LogP contribution >= 0.6 is 11.6 Å². The minimum Gasteiger partial charge on any atom is -0.496 e. The van der Waals surface area contributed by atoms with Gasteiger partial charge in [0.05, 0.1) is 30.3 Å². The number of hydrogen-bond donors (Lipinski definition) is 0. The van der Waals surface area contributed by atoms with Gasteiger partial charge in [-0.25, -0.2) is 9.48 Å². The third-order valence-electron chi connectivity index (χ3n) is 4.29. The van der Waals surface area contributed by atoms with Gasteiger partial charge in [-0.3, -0.25) is 10.1 Å². The maximum absolute atomic E-state index is 12.7. The number of aryl methyl sites for hydroxylation is 2. The molecule has 2 aromatic carbocycles. The molecule has 0 spiro atoms. The van der Waals surface area contributed by atoms with Gasteiger partial charge in [0.1, 0.15) is 16.5 Å². The van der Waals surface area contributed by atoms with E-state index in [0.717, 1.165) is 11.1 Å². The van der Waals surface area contributed by atoms with Crippen molar-refractivity contribution in [2.75, 3.05) is 7.11 Å². The highest BCUT2D eigenvalue weighted by Gasteiger charge is 2.26. The van der Waals surface area contributed by atoms with Crippen LogP contribution in [0.1, 0.15) is 27.2 Å². The molecule has 0 aliphatic heterocycles. The van der Waals surface area contributed by atoms with Gasteiger partial charge in [0, 0.05) is 0 Å². The van der Waals surface area contributed by atoms with Crippen molar-refractivity contribution >= 4 is 23.3 Å². The number of ether oxygens (including phenoxy) is 2. The van der Waals surface area contributed by atoms with E-state index in [1.54, 1.807) is 6.92 Å². The molecule has 0 saturated carbocycles. The molecule has 9 heteroatoms. The molecule has 1 heterocycles. The molecule has 3 aromatic rings. The van der Waals surface area contributed by atoms with Crippen LogP contribution in [0, 0.1) is 24.0 Å². The molecular formula is C20H18ClN3O5. The topological polar surface area (TPSA) is 96.5 Å². The lowest BCUT2D eigenvalue weighted by Crippen LogP contribution is -2.11. The van der Waals surface area contributed by atoms with E-state index in [9.17, 15) is 14.9 Å². The fourth-order valence-corrected chi connectivity index (χ4v) is 3.07. The fourth-order valence-electron chi connectivity index (χ4n) is 2.76. The lowest BCUT2D eigenvalue weighted by atomic mass is 10.1. The SMILES string of the molecule is COc1ccc(OC(=O)c2c(C)nn(Cc3ccc(C)cc3)c2Cl)c([N+](=O)[O-])c1. The normalized spacial score (nSPS) is 10.6. The summed E-state index contributed by atoms with van der Waals surface area (Å²) in [4.78, 5) is 23.3. The monoisotopic (exact) mass is 415 g/mol. The number of nitro benzene ring substituents is 1. The van der Waals surface area contributed by atoms with E-state index in [1.165, 1.54) is 30.0 Å². The minimum atomic E-state index is -0.823. The number of hydrogen-bond acceptors (Lipinski definition) is 6. The molecule has 8 nitrogen and oxygen atoms in total. The third kappa shape index (κ3) is 4.38. The summed E-state index contributed by atoms with van der Waals surface area (Å²) < 4.78 is 11.7. The van der Waals surface area contributed by atoms with Gasteiger partial charge in [0.2, 0.25) is 5.75 Å². The summed E-state index contributed by atoms with van der Waals surface area (Å²) in [5.74, 6) is -0.755. The molecule has 0 bridgehead atoms. The number of carbonyl (C=O) groups excluding carboxylic acids is 1. The third-order valence-corrected chi connectivity index (χ3v) is 4.67. The summed E-state index contributed by atoms with van der Waals surface area (Å²) in [6.45, 7) is 3.98. The first kappa shape index (κ1) is 20.3. The smallest absolute Gasteiger partial charge is 0.348 e. The quantitative estimate of drug-likeness (QED) is 0.257. The zero-order valence-electron chi connectivity index (χ0n) is 16.0. The van der Waals surface area contributed by atoms with Gasteiger partial charge < -0.3 is 9.47 Å². The number of benzene rings is 2. The maximum atomic E-state index is 12.7. The highest BCUT2D eigenvalue weighted by molar-refractivity contribution is 6.32. The summed E-state index contributed by atoms with van der Waals surface area (Å²) in [7, 11) is 1.39. The Bertz CT molecular complexity index is 1080. The molecule has 0 atom stereocenters. The first-order valence-corrected chi connectivity index (χ1v) is 9.01. The highest BCUT2D eigenvalue weighted by Crippen LogP contribution is 2.32. The number of nitrogens with zero attached hydrogens (tertiary/aromatic N) is 3. The first-order chi connectivity index (χ1) is 13.8. The fraction of sp³-hybridized carbons (Fsp3) is 0.200. The van der Waals surface area contributed by atoms with Crippen LogP contribution in [0.3, 0.4) is 0 Å². The van der Waals surface area contributed by atoms with Crippen LogP contribution in [0.4, 0.5) is 5.69 Å². The lowest BCUT2D eigenvalue weighted by molar-refractivity contribution is -0.385. The molecule has 0 N–H and O–H groups in total. The average molecular weight is 416 g/mol. The van der Waals surface area contributed by atoms with Crippen molar-refractivity contribution in [3.05, 3.63) is 80.1 Å². The van der Waals surface area contributed by atoms with Gasteiger partial charge >= 0.3 is 11.7 Å². The van der Waals surface area contributed by atoms with E-state index in [1.807, 2.05) is 31.2 Å². The van der Waals surface area contributed by atoms with Crippen molar-refractivity contribution in [2.45, 2.75) is 20.4 Å². The van der Waals surface area contributed by atoms with E-state index in [0.29, 0.717) is 12.2 Å². The zero-order chi connectivity index (χ0) is 21.1. The summed E-state index contributed by atoms with van der Waals surface area (Å²) in [6, 6.07) is 11.8. The number of nitro groups is 1. The van der Waals surface area contributed by atoms with Crippen molar-refractivity contribution in [3.8, 4) is 11.5 Å². The Hall–Kier alpha value is -3.39. The Morgan fingerprint density at radius 2 is 1.90 bits per heavy atom. The second-order valence-electron chi connectivity index (χ2n) is 6.37. The largest absolute Gasteiger partial charge is 0.496 e. The van der Waals surface area contributed by atoms with Crippen molar-refractivity contribution in [1.82, 2.24) is 9.78 Å². The van der Waals surface area contributed by atoms with Gasteiger partial charge in [-0.2, -0.15) is 5.10 Å². The number of esters is 1. The summed E-state index contributed by atoms with van der Waals surface area (Å²) in [5.41, 5.74) is 2.12. The predicted molar refractivity (Wildman–Crippen MR) is 107 cm³/mol.